The first-order valence-corrected chi connectivity index (χ1v) is 11.1. The van der Waals surface area contributed by atoms with Crippen molar-refractivity contribution in [3.05, 3.63) is 90.0 Å². The summed E-state index contributed by atoms with van der Waals surface area (Å²) in [7, 11) is 3.34. The van der Waals surface area contributed by atoms with E-state index in [1.807, 2.05) is 77.7 Å². The molecular weight excluding hydrogens is 400 g/mol. The summed E-state index contributed by atoms with van der Waals surface area (Å²) in [5, 5.41) is 0. The Hall–Kier alpha value is -3.31. The minimum atomic E-state index is 0.0599. The Morgan fingerprint density at radius 2 is 1.53 bits per heavy atom. The molecule has 3 aromatic carbocycles. The maximum absolute atomic E-state index is 13.5. The van der Waals surface area contributed by atoms with Crippen LogP contribution in [0, 0.1) is 0 Å². The third-order valence-corrected chi connectivity index (χ3v) is 6.07. The van der Waals surface area contributed by atoms with Crippen LogP contribution in [-0.4, -0.2) is 44.2 Å². The van der Waals surface area contributed by atoms with Crippen LogP contribution in [0.4, 0.5) is 5.69 Å². The Morgan fingerprint density at radius 3 is 2.16 bits per heavy atom. The average molecular weight is 431 g/mol. The first-order valence-electron chi connectivity index (χ1n) is 11.1. The minimum absolute atomic E-state index is 0.0599. The quantitative estimate of drug-likeness (QED) is 0.528. The fourth-order valence-electron chi connectivity index (χ4n) is 4.46. The minimum Gasteiger partial charge on any atom is -0.493 e. The maximum atomic E-state index is 13.5. The van der Waals surface area contributed by atoms with Crippen molar-refractivity contribution < 1.29 is 14.3 Å². The van der Waals surface area contributed by atoms with Crippen LogP contribution in [-0.2, 0) is 6.54 Å². The first kappa shape index (κ1) is 21.9. The summed E-state index contributed by atoms with van der Waals surface area (Å²) >= 11 is 0. The molecule has 0 bridgehead atoms. The highest BCUT2D eigenvalue weighted by atomic mass is 16.5. The lowest BCUT2D eigenvalue weighted by Crippen LogP contribution is -2.47. The fourth-order valence-corrected chi connectivity index (χ4v) is 4.46. The number of methoxy groups -OCH3 is 2. The van der Waals surface area contributed by atoms with Crippen LogP contribution in [0.3, 0.4) is 0 Å². The molecule has 1 amide bonds. The van der Waals surface area contributed by atoms with Gasteiger partial charge in [-0.1, -0.05) is 48.5 Å². The average Bonchev–Trinajstić information content (AvgIpc) is 2.86. The van der Waals surface area contributed by atoms with Crippen molar-refractivity contribution in [2.75, 3.05) is 32.2 Å². The highest BCUT2D eigenvalue weighted by Crippen LogP contribution is 2.33. The number of likely N-dealkylation sites (tertiary alicyclic amines) is 1. The molecule has 0 saturated carbocycles. The molecule has 0 N–H and O–H groups in total. The molecule has 0 radical (unpaired) electrons. The zero-order valence-electron chi connectivity index (χ0n) is 18.7. The third kappa shape index (κ3) is 4.78. The van der Waals surface area contributed by atoms with Crippen molar-refractivity contribution in [3.8, 4) is 11.5 Å². The van der Waals surface area contributed by atoms with Gasteiger partial charge in [-0.2, -0.15) is 0 Å². The summed E-state index contributed by atoms with van der Waals surface area (Å²) in [6.07, 6.45) is 1.83. The van der Waals surface area contributed by atoms with Crippen molar-refractivity contribution >= 4 is 11.6 Å². The molecule has 0 spiro atoms. The van der Waals surface area contributed by atoms with Crippen LogP contribution in [0.2, 0.25) is 0 Å². The molecule has 0 aromatic heterocycles. The van der Waals surface area contributed by atoms with E-state index in [9.17, 15) is 4.79 Å². The van der Waals surface area contributed by atoms with Crippen LogP contribution >= 0.6 is 0 Å². The van der Waals surface area contributed by atoms with Crippen molar-refractivity contribution in [2.45, 2.75) is 25.4 Å². The number of anilines is 1. The van der Waals surface area contributed by atoms with E-state index < -0.39 is 0 Å². The SMILES string of the molecule is COc1cccc(CN2CCC(N(C(=O)c3ccccc3)c3ccccc3)CC2)c1OC. The molecule has 0 unspecified atom stereocenters. The van der Waals surface area contributed by atoms with Gasteiger partial charge in [-0.15, -0.1) is 0 Å². The second-order valence-electron chi connectivity index (χ2n) is 8.04. The number of hydrogen-bond donors (Lipinski definition) is 0. The van der Waals surface area contributed by atoms with E-state index in [0.29, 0.717) is 0 Å². The zero-order valence-corrected chi connectivity index (χ0v) is 18.7. The van der Waals surface area contributed by atoms with Crippen molar-refractivity contribution in [3.63, 3.8) is 0 Å². The molecule has 1 saturated heterocycles. The number of ether oxygens (including phenoxy) is 2. The molecule has 0 atom stereocenters. The standard InChI is InChI=1S/C27H30N2O3/c1-31-25-15-9-12-22(26(25)32-2)20-28-18-16-24(17-19-28)29(23-13-7-4-8-14-23)27(30)21-10-5-3-6-11-21/h3-15,24H,16-20H2,1-2H3. The number of carbonyl (C=O) groups is 1. The number of nitrogens with zero attached hydrogens (tertiary/aromatic N) is 2. The Balaban J connectivity index is 1.49. The first-order chi connectivity index (χ1) is 15.7. The molecule has 3 aromatic rings. The van der Waals surface area contributed by atoms with Gasteiger partial charge in [-0.3, -0.25) is 9.69 Å². The van der Waals surface area contributed by atoms with E-state index >= 15 is 0 Å². The predicted octanol–water partition coefficient (Wildman–Crippen LogP) is 5.02. The van der Waals surface area contributed by atoms with E-state index in [1.54, 1.807) is 14.2 Å². The number of para-hydroxylation sites is 2. The Morgan fingerprint density at radius 1 is 0.875 bits per heavy atom. The molecule has 1 fully saturated rings. The van der Waals surface area contributed by atoms with Gasteiger partial charge in [0.05, 0.1) is 14.2 Å². The van der Waals surface area contributed by atoms with Crippen LogP contribution in [0.25, 0.3) is 0 Å². The molecule has 1 aliphatic heterocycles. The second-order valence-corrected chi connectivity index (χ2v) is 8.04. The molecule has 4 rings (SSSR count). The van der Waals surface area contributed by atoms with Crippen molar-refractivity contribution in [1.82, 2.24) is 4.90 Å². The summed E-state index contributed by atoms with van der Waals surface area (Å²) in [5.74, 6) is 1.61. The number of amides is 1. The topological polar surface area (TPSA) is 42.0 Å². The van der Waals surface area contributed by atoms with Crippen LogP contribution in [0.15, 0.2) is 78.9 Å². The van der Waals surface area contributed by atoms with Gasteiger partial charge in [-0.05, 0) is 43.2 Å². The van der Waals surface area contributed by atoms with E-state index in [4.69, 9.17) is 9.47 Å². The van der Waals surface area contributed by atoms with Crippen molar-refractivity contribution in [1.29, 1.82) is 0 Å². The molecular formula is C27H30N2O3. The number of benzene rings is 3. The maximum Gasteiger partial charge on any atom is 0.258 e. The molecule has 0 aliphatic carbocycles. The van der Waals surface area contributed by atoms with E-state index in [-0.39, 0.29) is 11.9 Å². The largest absolute Gasteiger partial charge is 0.493 e. The van der Waals surface area contributed by atoms with Crippen LogP contribution < -0.4 is 14.4 Å². The summed E-state index contributed by atoms with van der Waals surface area (Å²) in [5.41, 5.74) is 2.79. The highest BCUT2D eigenvalue weighted by Gasteiger charge is 2.30. The monoisotopic (exact) mass is 430 g/mol. The number of rotatable bonds is 7. The Kier molecular flexibility index (Phi) is 7.07. The Bertz CT molecular complexity index is 1020. The third-order valence-electron chi connectivity index (χ3n) is 6.07. The second kappa shape index (κ2) is 10.3. The smallest absolute Gasteiger partial charge is 0.258 e. The predicted molar refractivity (Wildman–Crippen MR) is 128 cm³/mol. The molecule has 1 aliphatic rings. The molecule has 32 heavy (non-hydrogen) atoms. The van der Waals surface area contributed by atoms with Gasteiger partial charge in [0.15, 0.2) is 11.5 Å². The van der Waals surface area contributed by atoms with Crippen LogP contribution in [0.5, 0.6) is 11.5 Å². The summed E-state index contributed by atoms with van der Waals surface area (Å²) in [4.78, 5) is 17.9. The Labute approximate surface area is 190 Å². The van der Waals surface area contributed by atoms with Crippen LogP contribution in [0.1, 0.15) is 28.8 Å². The lowest BCUT2D eigenvalue weighted by atomic mass is 10.00. The summed E-state index contributed by atoms with van der Waals surface area (Å²) < 4.78 is 11.0. The molecule has 5 nitrogen and oxygen atoms in total. The number of carbonyl (C=O) groups excluding carboxylic acids is 1. The fraction of sp³-hybridized carbons (Fsp3) is 0.296. The molecule has 1 heterocycles. The molecule has 166 valence electrons. The zero-order chi connectivity index (χ0) is 22.3. The van der Waals surface area contributed by atoms with E-state index in [2.05, 4.69) is 11.0 Å². The lowest BCUT2D eigenvalue weighted by molar-refractivity contribution is 0.0958. The van der Waals surface area contributed by atoms with Gasteiger partial charge in [0.25, 0.3) is 5.91 Å². The lowest BCUT2D eigenvalue weighted by Gasteiger charge is -2.39. The summed E-state index contributed by atoms with van der Waals surface area (Å²) in [6, 6.07) is 25.7. The number of piperidine rings is 1. The number of hydrogen-bond acceptors (Lipinski definition) is 4. The van der Waals surface area contributed by atoms with Gasteiger partial charge >= 0.3 is 0 Å². The normalized spacial score (nSPS) is 14.7. The van der Waals surface area contributed by atoms with E-state index in [0.717, 1.165) is 60.8 Å². The van der Waals surface area contributed by atoms with Gasteiger partial charge < -0.3 is 14.4 Å². The van der Waals surface area contributed by atoms with Gasteiger partial charge in [0.1, 0.15) is 0 Å². The van der Waals surface area contributed by atoms with Gasteiger partial charge in [0.2, 0.25) is 0 Å². The molecule has 5 heteroatoms. The highest BCUT2D eigenvalue weighted by molar-refractivity contribution is 6.06. The van der Waals surface area contributed by atoms with Gasteiger partial charge in [0, 0.05) is 42.5 Å². The van der Waals surface area contributed by atoms with E-state index in [1.165, 1.54) is 0 Å². The van der Waals surface area contributed by atoms with Crippen molar-refractivity contribution in [2.24, 2.45) is 0 Å². The van der Waals surface area contributed by atoms with Gasteiger partial charge in [-0.25, -0.2) is 0 Å². The summed E-state index contributed by atoms with van der Waals surface area (Å²) in [6.45, 7) is 2.62.